The molecule has 2 fully saturated rings. The normalized spacial score (nSPS) is 25.2. The number of rotatable bonds is 3. The molecule has 0 aliphatic carbocycles. The largest absolute Gasteiger partial charge is 0.297 e. The van der Waals surface area contributed by atoms with Crippen LogP contribution in [0.25, 0.3) is 16.6 Å². The van der Waals surface area contributed by atoms with Crippen molar-refractivity contribution >= 4 is 51.6 Å². The van der Waals surface area contributed by atoms with Gasteiger partial charge in [-0.2, -0.15) is 0 Å². The molecule has 2 amide bonds. The Hall–Kier alpha value is -3.52. The zero-order valence-corrected chi connectivity index (χ0v) is 22.7. The summed E-state index contributed by atoms with van der Waals surface area (Å²) in [6.45, 7) is 4.18. The van der Waals surface area contributed by atoms with Crippen molar-refractivity contribution in [2.24, 2.45) is 17.8 Å². The van der Waals surface area contributed by atoms with Crippen LogP contribution in [0.3, 0.4) is 0 Å². The molecule has 4 atom stereocenters. The maximum Gasteiger partial charge on any atom is 0.266 e. The maximum atomic E-state index is 14.4. The van der Waals surface area contributed by atoms with E-state index in [1.807, 2.05) is 36.4 Å². The molecule has 1 N–H and O–H groups in total. The summed E-state index contributed by atoms with van der Waals surface area (Å²) in [6.07, 6.45) is 0.664. The molecule has 0 bridgehead atoms. The average molecular weight is 559 g/mol. The molecule has 0 saturated carbocycles. The van der Waals surface area contributed by atoms with Crippen LogP contribution >= 0.6 is 23.2 Å². The summed E-state index contributed by atoms with van der Waals surface area (Å²) < 4.78 is 1.61. The van der Waals surface area contributed by atoms with E-state index in [-0.39, 0.29) is 34.4 Å². The second kappa shape index (κ2) is 8.49. The van der Waals surface area contributed by atoms with E-state index in [0.29, 0.717) is 39.5 Å². The molecule has 3 aliphatic heterocycles. The van der Waals surface area contributed by atoms with E-state index in [9.17, 15) is 14.4 Å². The van der Waals surface area contributed by atoms with Gasteiger partial charge in [0.05, 0.1) is 44.2 Å². The van der Waals surface area contributed by atoms with Crippen LogP contribution < -0.4 is 15.8 Å². The summed E-state index contributed by atoms with van der Waals surface area (Å²) in [5.41, 5.74) is 0.987. The first-order valence-electron chi connectivity index (χ1n) is 13.0. The van der Waals surface area contributed by atoms with Gasteiger partial charge in [0, 0.05) is 11.6 Å². The predicted molar refractivity (Wildman–Crippen MR) is 150 cm³/mol. The van der Waals surface area contributed by atoms with Crippen LogP contribution in [-0.4, -0.2) is 27.4 Å². The number of hydrogen-bond acceptors (Lipinski definition) is 5. The Morgan fingerprint density at radius 2 is 1.69 bits per heavy atom. The van der Waals surface area contributed by atoms with Gasteiger partial charge in [-0.25, -0.2) is 9.88 Å². The van der Waals surface area contributed by atoms with E-state index in [0.717, 1.165) is 5.56 Å². The number of carbonyl (C=O) groups excluding carboxylic acids is 2. The lowest BCUT2D eigenvalue weighted by atomic mass is 9.75. The number of halogens is 2. The maximum absolute atomic E-state index is 14.4. The molecular formula is C30H24Cl2N4O3. The van der Waals surface area contributed by atoms with Gasteiger partial charge in [-0.05, 0) is 48.7 Å². The second-order valence-electron chi connectivity index (χ2n) is 10.9. The number of anilines is 1. The Balaban J connectivity index is 1.51. The highest BCUT2D eigenvalue weighted by atomic mass is 35.5. The number of benzene rings is 3. The number of fused-ring (bicyclic) bond motifs is 8. The van der Waals surface area contributed by atoms with Crippen molar-refractivity contribution < 1.29 is 9.59 Å². The molecule has 9 heteroatoms. The molecule has 7 rings (SSSR count). The summed E-state index contributed by atoms with van der Waals surface area (Å²) in [6, 6.07) is 19.2. The molecule has 1 spiro atoms. The third kappa shape index (κ3) is 3.21. The topological polar surface area (TPSA) is 84.3 Å². The Labute approximate surface area is 234 Å². The van der Waals surface area contributed by atoms with Crippen LogP contribution in [0.5, 0.6) is 0 Å². The number of aromatic nitrogens is 2. The minimum Gasteiger partial charge on any atom is -0.297 e. The summed E-state index contributed by atoms with van der Waals surface area (Å²) in [5, 5.41) is 4.81. The van der Waals surface area contributed by atoms with Crippen molar-refractivity contribution in [3.8, 4) is 5.69 Å². The first kappa shape index (κ1) is 24.5. The molecule has 3 aliphatic rings. The molecule has 2 unspecified atom stereocenters. The first-order chi connectivity index (χ1) is 18.7. The highest BCUT2D eigenvalue weighted by molar-refractivity contribution is 6.42. The third-order valence-corrected chi connectivity index (χ3v) is 8.99. The van der Waals surface area contributed by atoms with Crippen LogP contribution in [0.4, 0.5) is 5.69 Å². The molecule has 0 radical (unpaired) electrons. The zero-order valence-electron chi connectivity index (χ0n) is 21.2. The van der Waals surface area contributed by atoms with Gasteiger partial charge in [0.1, 0.15) is 11.4 Å². The fraction of sp³-hybridized carbons (Fsp3) is 0.267. The van der Waals surface area contributed by atoms with E-state index >= 15 is 0 Å². The van der Waals surface area contributed by atoms with Crippen molar-refractivity contribution in [3.63, 3.8) is 0 Å². The minimum absolute atomic E-state index is 0.205. The van der Waals surface area contributed by atoms with E-state index in [1.165, 1.54) is 4.90 Å². The molecule has 196 valence electrons. The third-order valence-electron chi connectivity index (χ3n) is 8.25. The highest BCUT2D eigenvalue weighted by Crippen LogP contribution is 2.56. The number of para-hydroxylation sites is 2. The van der Waals surface area contributed by atoms with E-state index in [1.54, 1.807) is 34.9 Å². The quantitative estimate of drug-likeness (QED) is 0.355. The Morgan fingerprint density at radius 3 is 2.46 bits per heavy atom. The van der Waals surface area contributed by atoms with Crippen LogP contribution in [0.1, 0.15) is 31.7 Å². The zero-order chi connectivity index (χ0) is 27.2. The van der Waals surface area contributed by atoms with Gasteiger partial charge in [-0.15, -0.1) is 0 Å². The molecule has 4 heterocycles. The van der Waals surface area contributed by atoms with Crippen molar-refractivity contribution in [3.05, 3.63) is 98.5 Å². The van der Waals surface area contributed by atoms with Gasteiger partial charge in [0.2, 0.25) is 11.8 Å². The van der Waals surface area contributed by atoms with Crippen LogP contribution in [0.2, 0.25) is 10.0 Å². The van der Waals surface area contributed by atoms with Crippen molar-refractivity contribution in [2.75, 3.05) is 4.90 Å². The van der Waals surface area contributed by atoms with Crippen LogP contribution in [-0.2, 0) is 15.1 Å². The van der Waals surface area contributed by atoms with E-state index in [2.05, 4.69) is 19.2 Å². The van der Waals surface area contributed by atoms with Gasteiger partial charge in [-0.3, -0.25) is 24.3 Å². The number of amides is 2. The molecular weight excluding hydrogens is 535 g/mol. The van der Waals surface area contributed by atoms with Gasteiger partial charge in [-0.1, -0.05) is 67.4 Å². The summed E-state index contributed by atoms with van der Waals surface area (Å²) in [5.74, 6) is -1.43. The molecule has 39 heavy (non-hydrogen) atoms. The molecule has 2 saturated heterocycles. The molecule has 4 aromatic rings. The minimum atomic E-state index is -1.16. The standard InChI is InChI=1S/C30H24Cl2N4O3/c1-15(2)13-22-24-25(28(39)35(27(24)38)16-11-12-19(31)20(32)14-16)30(34-22)18-8-4-6-10-23(18)36-26(37)17-7-3-5-9-21(17)33-29(30)36/h3-12,14-15,22,24-25,34H,13H2,1-2H3/t22?,24-,25+,30?/m0/s1. The number of imide groups is 1. The number of hydrogen-bond donors (Lipinski definition) is 1. The number of nitrogens with zero attached hydrogens (tertiary/aromatic N) is 3. The lowest BCUT2D eigenvalue weighted by Crippen LogP contribution is -2.50. The predicted octanol–water partition coefficient (Wildman–Crippen LogP) is 5.07. The van der Waals surface area contributed by atoms with Gasteiger partial charge >= 0.3 is 0 Å². The van der Waals surface area contributed by atoms with Gasteiger partial charge < -0.3 is 0 Å². The first-order valence-corrected chi connectivity index (χ1v) is 13.7. The molecule has 1 aromatic heterocycles. The van der Waals surface area contributed by atoms with Gasteiger partial charge in [0.25, 0.3) is 5.56 Å². The van der Waals surface area contributed by atoms with E-state index < -0.39 is 17.4 Å². The highest BCUT2D eigenvalue weighted by Gasteiger charge is 2.69. The molecule has 3 aromatic carbocycles. The fourth-order valence-corrected chi connectivity index (χ4v) is 7.10. The van der Waals surface area contributed by atoms with Crippen LogP contribution in [0, 0.1) is 17.8 Å². The van der Waals surface area contributed by atoms with E-state index in [4.69, 9.17) is 28.2 Å². The Kier molecular flexibility index (Phi) is 5.34. The summed E-state index contributed by atoms with van der Waals surface area (Å²) >= 11 is 12.4. The summed E-state index contributed by atoms with van der Waals surface area (Å²) in [7, 11) is 0. The molecule has 7 nitrogen and oxygen atoms in total. The van der Waals surface area contributed by atoms with Gasteiger partial charge in [0.15, 0.2) is 0 Å². The van der Waals surface area contributed by atoms with Crippen molar-refractivity contribution in [1.82, 2.24) is 14.9 Å². The van der Waals surface area contributed by atoms with Crippen molar-refractivity contribution in [1.29, 1.82) is 0 Å². The Bertz CT molecular complexity index is 1780. The number of carbonyl (C=O) groups is 2. The fourth-order valence-electron chi connectivity index (χ4n) is 6.81. The number of nitrogens with one attached hydrogen (secondary N) is 1. The van der Waals surface area contributed by atoms with Crippen LogP contribution in [0.15, 0.2) is 71.5 Å². The summed E-state index contributed by atoms with van der Waals surface area (Å²) in [4.78, 5) is 48.7. The smallest absolute Gasteiger partial charge is 0.266 e. The average Bonchev–Trinajstić information content (AvgIpc) is 3.49. The second-order valence-corrected chi connectivity index (χ2v) is 11.7. The Morgan fingerprint density at radius 1 is 0.949 bits per heavy atom. The lowest BCUT2D eigenvalue weighted by molar-refractivity contribution is -0.123. The van der Waals surface area contributed by atoms with Crippen molar-refractivity contribution in [2.45, 2.75) is 31.8 Å². The lowest BCUT2D eigenvalue weighted by Gasteiger charge is -2.32. The monoisotopic (exact) mass is 558 g/mol. The SMILES string of the molecule is CC(C)CC1NC2(c3ccccc3-n3c2nc2ccccc2c3=O)[C@H]2C(=O)N(c3ccc(Cl)c(Cl)c3)C(=O)[C@@H]12.